The molecule has 136 valence electrons. The molecule has 2 aromatic carbocycles. The van der Waals surface area contributed by atoms with E-state index in [1.54, 1.807) is 0 Å². The molecular formula is C24H30N2. The molecule has 1 atom stereocenters. The summed E-state index contributed by atoms with van der Waals surface area (Å²) in [6.45, 7) is 5.55. The van der Waals surface area contributed by atoms with Gasteiger partial charge in [-0.05, 0) is 63.4 Å². The fourth-order valence-corrected chi connectivity index (χ4v) is 3.47. The molecule has 0 amide bonds. The maximum absolute atomic E-state index is 3.47. The van der Waals surface area contributed by atoms with Crippen LogP contribution in [0.1, 0.15) is 24.8 Å². The molecule has 0 aromatic heterocycles. The molecule has 2 aromatic rings. The molecule has 0 bridgehead atoms. The number of benzene rings is 2. The lowest BCUT2D eigenvalue weighted by Crippen LogP contribution is -2.30. The third-order valence-corrected chi connectivity index (χ3v) is 4.95. The smallest absolute Gasteiger partial charge is 0.0408 e. The summed E-state index contributed by atoms with van der Waals surface area (Å²) in [5, 5.41) is 3.47. The summed E-state index contributed by atoms with van der Waals surface area (Å²) in [6.07, 6.45) is 10.3. The van der Waals surface area contributed by atoms with Crippen LogP contribution in [0, 0.1) is 12.8 Å². The van der Waals surface area contributed by atoms with Gasteiger partial charge in [0.25, 0.3) is 0 Å². The van der Waals surface area contributed by atoms with Crippen molar-refractivity contribution in [3.63, 3.8) is 0 Å². The van der Waals surface area contributed by atoms with Crippen LogP contribution in [0.4, 0.5) is 5.69 Å². The van der Waals surface area contributed by atoms with Gasteiger partial charge in [-0.1, -0.05) is 66.2 Å². The number of hydrogen-bond acceptors (Lipinski definition) is 2. The van der Waals surface area contributed by atoms with Crippen molar-refractivity contribution in [2.24, 2.45) is 5.92 Å². The highest BCUT2D eigenvalue weighted by Crippen LogP contribution is 2.26. The Morgan fingerprint density at radius 2 is 1.73 bits per heavy atom. The van der Waals surface area contributed by atoms with E-state index in [2.05, 4.69) is 77.8 Å². The van der Waals surface area contributed by atoms with Crippen molar-refractivity contribution in [3.8, 4) is 0 Å². The molecule has 0 saturated carbocycles. The number of nitrogens with zero attached hydrogens (tertiary/aromatic N) is 1. The molecule has 1 heterocycles. The third-order valence-electron chi connectivity index (χ3n) is 4.95. The highest BCUT2D eigenvalue weighted by molar-refractivity contribution is 5.53. The standard InChI is InChI=1S/C17H22N2.C7H8/c1-3-7-16(8-4-1)19(14-15-11-12-18-13-15)17-9-5-2-6-10-17;1-7-5-3-2-4-6-7/h1-5,7-9,15,18H,6,10-14H2;2-6H,1H3. The second-order valence-electron chi connectivity index (χ2n) is 7.08. The van der Waals surface area contributed by atoms with Gasteiger partial charge in [-0.15, -0.1) is 0 Å². The summed E-state index contributed by atoms with van der Waals surface area (Å²) < 4.78 is 0. The Morgan fingerprint density at radius 3 is 2.27 bits per heavy atom. The quantitative estimate of drug-likeness (QED) is 0.805. The lowest BCUT2D eigenvalue weighted by Gasteiger charge is -2.31. The molecule has 0 spiro atoms. The molecule has 2 heteroatoms. The van der Waals surface area contributed by atoms with Crippen molar-refractivity contribution in [2.75, 3.05) is 24.5 Å². The first-order chi connectivity index (χ1) is 12.8. The molecule has 1 saturated heterocycles. The zero-order valence-electron chi connectivity index (χ0n) is 15.8. The summed E-state index contributed by atoms with van der Waals surface area (Å²) >= 11 is 0. The highest BCUT2D eigenvalue weighted by Gasteiger charge is 2.20. The first-order valence-corrected chi connectivity index (χ1v) is 9.73. The van der Waals surface area contributed by atoms with Crippen LogP contribution < -0.4 is 10.2 Å². The summed E-state index contributed by atoms with van der Waals surface area (Å²) in [5.74, 6) is 0.770. The Balaban J connectivity index is 0.000000236. The predicted molar refractivity (Wildman–Crippen MR) is 112 cm³/mol. The van der Waals surface area contributed by atoms with Crippen molar-refractivity contribution < 1.29 is 0 Å². The van der Waals surface area contributed by atoms with Gasteiger partial charge < -0.3 is 10.2 Å². The lowest BCUT2D eigenvalue weighted by atomic mass is 10.0. The zero-order chi connectivity index (χ0) is 18.0. The average molecular weight is 347 g/mol. The Labute approximate surface area is 158 Å². The van der Waals surface area contributed by atoms with E-state index in [9.17, 15) is 0 Å². The SMILES string of the molecule is C1=CCCC(N(CC2CCNC2)c2ccccc2)=C1.Cc1ccccc1. The largest absolute Gasteiger partial charge is 0.345 e. The van der Waals surface area contributed by atoms with Crippen LogP contribution in [-0.4, -0.2) is 19.6 Å². The Kier molecular flexibility index (Phi) is 7.09. The van der Waals surface area contributed by atoms with Gasteiger partial charge >= 0.3 is 0 Å². The van der Waals surface area contributed by atoms with Crippen LogP contribution in [-0.2, 0) is 0 Å². The summed E-state index contributed by atoms with van der Waals surface area (Å²) in [6, 6.07) is 21.1. The molecule has 1 N–H and O–H groups in total. The number of para-hydroxylation sites is 1. The van der Waals surface area contributed by atoms with Crippen molar-refractivity contribution in [3.05, 3.63) is 90.2 Å². The van der Waals surface area contributed by atoms with E-state index in [-0.39, 0.29) is 0 Å². The number of anilines is 1. The maximum Gasteiger partial charge on any atom is 0.0408 e. The molecule has 2 nitrogen and oxygen atoms in total. The summed E-state index contributed by atoms with van der Waals surface area (Å²) in [5.41, 5.74) is 4.11. The van der Waals surface area contributed by atoms with E-state index in [1.807, 2.05) is 18.2 Å². The molecule has 2 aliphatic rings. The molecule has 1 aliphatic heterocycles. The first kappa shape index (κ1) is 18.5. The third kappa shape index (κ3) is 5.60. The number of aryl methyl sites for hydroxylation is 1. The van der Waals surface area contributed by atoms with Crippen molar-refractivity contribution in [1.29, 1.82) is 0 Å². The molecule has 0 radical (unpaired) electrons. The minimum absolute atomic E-state index is 0.770. The number of hydrogen-bond donors (Lipinski definition) is 1. The van der Waals surface area contributed by atoms with E-state index in [0.29, 0.717) is 0 Å². The van der Waals surface area contributed by atoms with Crippen molar-refractivity contribution >= 4 is 5.69 Å². The van der Waals surface area contributed by atoms with Gasteiger partial charge in [-0.2, -0.15) is 0 Å². The van der Waals surface area contributed by atoms with Gasteiger partial charge in [0, 0.05) is 17.9 Å². The first-order valence-electron chi connectivity index (χ1n) is 9.73. The molecule has 26 heavy (non-hydrogen) atoms. The van der Waals surface area contributed by atoms with Crippen LogP contribution in [0.5, 0.6) is 0 Å². The van der Waals surface area contributed by atoms with E-state index in [4.69, 9.17) is 0 Å². The van der Waals surface area contributed by atoms with Crippen LogP contribution in [0.15, 0.2) is 84.6 Å². The maximum atomic E-state index is 3.47. The van der Waals surface area contributed by atoms with Crippen molar-refractivity contribution in [2.45, 2.75) is 26.2 Å². The van der Waals surface area contributed by atoms with Crippen LogP contribution in [0.25, 0.3) is 0 Å². The molecule has 1 aliphatic carbocycles. The van der Waals surface area contributed by atoms with E-state index in [0.717, 1.165) is 31.8 Å². The number of nitrogens with one attached hydrogen (secondary N) is 1. The van der Waals surface area contributed by atoms with E-state index in [1.165, 1.54) is 29.9 Å². The molecule has 1 unspecified atom stereocenters. The summed E-state index contributed by atoms with van der Waals surface area (Å²) in [7, 11) is 0. The lowest BCUT2D eigenvalue weighted by molar-refractivity contribution is 0.573. The van der Waals surface area contributed by atoms with E-state index < -0.39 is 0 Å². The second-order valence-corrected chi connectivity index (χ2v) is 7.08. The van der Waals surface area contributed by atoms with Crippen LogP contribution in [0.2, 0.25) is 0 Å². The fourth-order valence-electron chi connectivity index (χ4n) is 3.47. The molecule has 1 fully saturated rings. The van der Waals surface area contributed by atoms with Gasteiger partial charge in [-0.25, -0.2) is 0 Å². The van der Waals surface area contributed by atoms with Crippen LogP contribution >= 0.6 is 0 Å². The number of allylic oxidation sites excluding steroid dienone is 4. The van der Waals surface area contributed by atoms with Gasteiger partial charge in [-0.3, -0.25) is 0 Å². The minimum Gasteiger partial charge on any atom is -0.345 e. The topological polar surface area (TPSA) is 15.3 Å². The highest BCUT2D eigenvalue weighted by atomic mass is 15.1. The van der Waals surface area contributed by atoms with Gasteiger partial charge in [0.15, 0.2) is 0 Å². The Morgan fingerprint density at radius 1 is 1.00 bits per heavy atom. The van der Waals surface area contributed by atoms with Gasteiger partial charge in [0.2, 0.25) is 0 Å². The fraction of sp³-hybridized carbons (Fsp3) is 0.333. The minimum atomic E-state index is 0.770. The number of rotatable bonds is 4. The van der Waals surface area contributed by atoms with Crippen LogP contribution in [0.3, 0.4) is 0 Å². The Hall–Kier alpha value is -2.32. The summed E-state index contributed by atoms with van der Waals surface area (Å²) in [4.78, 5) is 2.52. The van der Waals surface area contributed by atoms with Gasteiger partial charge in [0.1, 0.15) is 0 Å². The van der Waals surface area contributed by atoms with E-state index >= 15 is 0 Å². The normalized spacial score (nSPS) is 18.7. The van der Waals surface area contributed by atoms with Crippen molar-refractivity contribution in [1.82, 2.24) is 5.32 Å². The average Bonchev–Trinajstić information content (AvgIpc) is 3.22. The zero-order valence-corrected chi connectivity index (χ0v) is 15.8. The molecule has 4 rings (SSSR count). The second kappa shape index (κ2) is 9.98. The predicted octanol–water partition coefficient (Wildman–Crippen LogP) is 5.33. The molecular weight excluding hydrogens is 316 g/mol. The monoisotopic (exact) mass is 346 g/mol. The van der Waals surface area contributed by atoms with Gasteiger partial charge in [0.05, 0.1) is 0 Å². The Bertz CT molecular complexity index is 698.